The Balaban J connectivity index is 1.60. The molecule has 0 spiro atoms. The van der Waals surface area contributed by atoms with E-state index in [2.05, 4.69) is 35.6 Å². The summed E-state index contributed by atoms with van der Waals surface area (Å²) >= 11 is 7.54. The summed E-state index contributed by atoms with van der Waals surface area (Å²) in [6, 6.07) is 1.84. The van der Waals surface area contributed by atoms with Crippen molar-refractivity contribution in [3.63, 3.8) is 0 Å². The highest BCUT2D eigenvalue weighted by molar-refractivity contribution is 7.99. The third-order valence-corrected chi connectivity index (χ3v) is 6.23. The first-order valence-electron chi connectivity index (χ1n) is 10.4. The molecule has 2 fully saturated rings. The minimum atomic E-state index is 0.0549. The Hall–Kier alpha value is -1.58. The topological polar surface area (TPSA) is 78.9 Å². The summed E-state index contributed by atoms with van der Waals surface area (Å²) in [6.07, 6.45) is 0.571. The van der Waals surface area contributed by atoms with Gasteiger partial charge in [-0.1, -0.05) is 37.2 Å². The molecule has 0 N–H and O–H groups in total. The number of piperazine rings is 1. The predicted molar refractivity (Wildman–Crippen MR) is 118 cm³/mol. The van der Waals surface area contributed by atoms with Crippen molar-refractivity contribution in [2.75, 3.05) is 56.6 Å². The molecule has 30 heavy (non-hydrogen) atoms. The number of carbonyl (C=O) groups is 2. The van der Waals surface area contributed by atoms with E-state index < -0.39 is 0 Å². The van der Waals surface area contributed by atoms with Crippen LogP contribution in [0.25, 0.3) is 0 Å². The maximum Gasteiger partial charge on any atom is 0.233 e. The van der Waals surface area contributed by atoms with Crippen molar-refractivity contribution >= 4 is 41.0 Å². The minimum Gasteiger partial charge on any atom is -0.378 e. The smallest absolute Gasteiger partial charge is 0.233 e. The van der Waals surface area contributed by atoms with E-state index in [0.29, 0.717) is 68.6 Å². The van der Waals surface area contributed by atoms with Crippen LogP contribution in [0.4, 0.5) is 5.82 Å². The molecular formula is C20H30ClN5O3S. The highest BCUT2D eigenvalue weighted by Gasteiger charge is 2.28. The molecule has 2 aliphatic heterocycles. The van der Waals surface area contributed by atoms with Crippen LogP contribution >= 0.6 is 23.4 Å². The molecule has 1 aromatic rings. The van der Waals surface area contributed by atoms with Crippen LogP contribution in [0.1, 0.15) is 27.2 Å². The van der Waals surface area contributed by atoms with Crippen LogP contribution in [0.5, 0.6) is 0 Å². The monoisotopic (exact) mass is 455 g/mol. The predicted octanol–water partition coefficient (Wildman–Crippen LogP) is 2.16. The minimum absolute atomic E-state index is 0.0549. The lowest BCUT2D eigenvalue weighted by Crippen LogP contribution is -2.54. The van der Waals surface area contributed by atoms with E-state index in [-0.39, 0.29) is 23.6 Å². The first kappa shape index (κ1) is 23.1. The van der Waals surface area contributed by atoms with Gasteiger partial charge in [-0.25, -0.2) is 9.97 Å². The summed E-state index contributed by atoms with van der Waals surface area (Å²) < 4.78 is 5.29. The van der Waals surface area contributed by atoms with Crippen LogP contribution < -0.4 is 4.90 Å². The van der Waals surface area contributed by atoms with Crippen molar-refractivity contribution in [3.8, 4) is 0 Å². The van der Waals surface area contributed by atoms with Crippen molar-refractivity contribution in [1.29, 1.82) is 0 Å². The Morgan fingerprint density at radius 2 is 1.93 bits per heavy atom. The van der Waals surface area contributed by atoms with E-state index >= 15 is 0 Å². The number of aromatic nitrogens is 2. The fraction of sp³-hybridized carbons (Fsp3) is 0.700. The van der Waals surface area contributed by atoms with Crippen molar-refractivity contribution in [2.45, 2.75) is 38.4 Å². The number of halogens is 1. The highest BCUT2D eigenvalue weighted by Crippen LogP contribution is 2.25. The van der Waals surface area contributed by atoms with E-state index in [1.165, 1.54) is 11.8 Å². The van der Waals surface area contributed by atoms with Gasteiger partial charge in [0.05, 0.1) is 19.0 Å². The van der Waals surface area contributed by atoms with Crippen LogP contribution in [0.15, 0.2) is 11.2 Å². The Morgan fingerprint density at radius 1 is 1.20 bits per heavy atom. The molecule has 166 valence electrons. The summed E-state index contributed by atoms with van der Waals surface area (Å²) in [6.45, 7) is 10.6. The lowest BCUT2D eigenvalue weighted by atomic mass is 10.1. The van der Waals surface area contributed by atoms with Crippen LogP contribution in [-0.2, 0) is 14.3 Å². The van der Waals surface area contributed by atoms with E-state index in [1.807, 2.05) is 4.90 Å². The van der Waals surface area contributed by atoms with Gasteiger partial charge < -0.3 is 19.4 Å². The molecule has 0 aromatic carbocycles. The van der Waals surface area contributed by atoms with Gasteiger partial charge in [0.15, 0.2) is 5.16 Å². The zero-order chi connectivity index (χ0) is 21.7. The number of morpholine rings is 1. The molecule has 1 atom stereocenters. The molecule has 0 saturated carbocycles. The van der Waals surface area contributed by atoms with E-state index in [1.54, 1.807) is 11.0 Å². The highest BCUT2D eigenvalue weighted by atomic mass is 35.5. The van der Waals surface area contributed by atoms with Crippen molar-refractivity contribution in [3.05, 3.63) is 11.2 Å². The fourth-order valence-corrected chi connectivity index (χ4v) is 4.63. The van der Waals surface area contributed by atoms with Gasteiger partial charge >= 0.3 is 0 Å². The van der Waals surface area contributed by atoms with Gasteiger partial charge in [-0.2, -0.15) is 0 Å². The standard InChI is InChI=1S/C20H30ClN5O3S/c1-14(2)10-18(27)26-5-4-25(12-15(26)3)17-11-16(21)22-20(23-17)30-13-19(28)24-6-8-29-9-7-24/h11,14-15H,4-10,12-13H2,1-3H3. The number of hydrogen-bond acceptors (Lipinski definition) is 7. The Kier molecular flexibility index (Phi) is 8.19. The number of hydrogen-bond donors (Lipinski definition) is 0. The van der Waals surface area contributed by atoms with Gasteiger partial charge in [-0.05, 0) is 12.8 Å². The molecule has 3 heterocycles. The number of anilines is 1. The van der Waals surface area contributed by atoms with Crippen LogP contribution in [0.2, 0.25) is 5.15 Å². The summed E-state index contributed by atoms with van der Waals surface area (Å²) in [5.74, 6) is 1.62. The van der Waals surface area contributed by atoms with Gasteiger partial charge in [-0.15, -0.1) is 0 Å². The number of rotatable bonds is 6. The molecule has 0 aliphatic carbocycles. The SMILES string of the molecule is CC(C)CC(=O)N1CCN(c2cc(Cl)nc(SCC(=O)N3CCOCC3)n2)CC1C. The van der Waals surface area contributed by atoms with Crippen molar-refractivity contribution in [2.24, 2.45) is 5.92 Å². The molecule has 0 bridgehead atoms. The molecule has 2 amide bonds. The summed E-state index contributed by atoms with van der Waals surface area (Å²) in [5, 5.41) is 0.845. The average molecular weight is 456 g/mol. The van der Waals surface area contributed by atoms with Crippen LogP contribution in [0.3, 0.4) is 0 Å². The van der Waals surface area contributed by atoms with Crippen molar-refractivity contribution < 1.29 is 14.3 Å². The number of nitrogens with zero attached hydrogens (tertiary/aromatic N) is 5. The maximum atomic E-state index is 12.5. The zero-order valence-electron chi connectivity index (χ0n) is 17.8. The average Bonchev–Trinajstić information content (AvgIpc) is 2.71. The van der Waals surface area contributed by atoms with E-state index in [4.69, 9.17) is 16.3 Å². The van der Waals surface area contributed by atoms with Gasteiger partial charge in [0.1, 0.15) is 11.0 Å². The van der Waals surface area contributed by atoms with E-state index in [0.717, 1.165) is 5.82 Å². The number of ether oxygens (including phenoxy) is 1. The normalized spacial score (nSPS) is 20.0. The second-order valence-corrected chi connectivity index (χ2v) is 9.42. The quantitative estimate of drug-likeness (QED) is 0.369. The second-order valence-electron chi connectivity index (χ2n) is 8.09. The lowest BCUT2D eigenvalue weighted by molar-refractivity contribution is -0.134. The molecule has 3 rings (SSSR count). The molecule has 1 aromatic heterocycles. The van der Waals surface area contributed by atoms with E-state index in [9.17, 15) is 9.59 Å². The van der Waals surface area contributed by atoms with Gasteiger partial charge in [0.2, 0.25) is 11.8 Å². The fourth-order valence-electron chi connectivity index (χ4n) is 3.65. The summed E-state index contributed by atoms with van der Waals surface area (Å²) in [5.41, 5.74) is 0. The zero-order valence-corrected chi connectivity index (χ0v) is 19.4. The molecule has 1 unspecified atom stereocenters. The molecule has 10 heteroatoms. The number of thioether (sulfide) groups is 1. The molecule has 8 nitrogen and oxygen atoms in total. The molecule has 2 saturated heterocycles. The van der Waals surface area contributed by atoms with Crippen LogP contribution in [0, 0.1) is 5.92 Å². The van der Waals surface area contributed by atoms with Crippen molar-refractivity contribution in [1.82, 2.24) is 19.8 Å². The van der Waals surface area contributed by atoms with Crippen LogP contribution in [-0.4, -0.2) is 89.3 Å². The Bertz CT molecular complexity index is 760. The van der Waals surface area contributed by atoms with Gasteiger partial charge in [0, 0.05) is 51.3 Å². The largest absolute Gasteiger partial charge is 0.378 e. The van der Waals surface area contributed by atoms with Gasteiger partial charge in [-0.3, -0.25) is 9.59 Å². The van der Waals surface area contributed by atoms with Gasteiger partial charge in [0.25, 0.3) is 0 Å². The number of carbonyl (C=O) groups excluding carboxylic acids is 2. The molecule has 0 radical (unpaired) electrons. The molecule has 2 aliphatic rings. The first-order valence-corrected chi connectivity index (χ1v) is 11.8. The summed E-state index contributed by atoms with van der Waals surface area (Å²) in [4.78, 5) is 39.6. The lowest BCUT2D eigenvalue weighted by Gasteiger charge is -2.40. The third-order valence-electron chi connectivity index (χ3n) is 5.20. The Morgan fingerprint density at radius 3 is 2.60 bits per heavy atom. The Labute approximate surface area is 187 Å². The number of amides is 2. The molecular weight excluding hydrogens is 426 g/mol. The third kappa shape index (κ3) is 6.21. The summed E-state index contributed by atoms with van der Waals surface area (Å²) in [7, 11) is 0. The maximum absolute atomic E-state index is 12.5. The second kappa shape index (κ2) is 10.6. The first-order chi connectivity index (χ1) is 14.3.